The zero-order valence-electron chi connectivity index (χ0n) is 15.2. The first kappa shape index (κ1) is 19.9. The van der Waals surface area contributed by atoms with E-state index in [4.69, 9.17) is 17.0 Å². The van der Waals surface area contributed by atoms with Crippen LogP contribution in [-0.4, -0.2) is 17.6 Å². The van der Waals surface area contributed by atoms with Gasteiger partial charge < -0.3 is 10.1 Å². The van der Waals surface area contributed by atoms with E-state index >= 15 is 0 Å². The fraction of sp³-hybridized carbons (Fsp3) is 0.333. The van der Waals surface area contributed by atoms with Crippen LogP contribution in [0.15, 0.2) is 54.6 Å². The van der Waals surface area contributed by atoms with Crippen LogP contribution < -0.4 is 15.4 Å². The third-order valence-corrected chi connectivity index (χ3v) is 4.16. The Morgan fingerprint density at radius 1 is 1.00 bits per heavy atom. The molecule has 0 bridgehead atoms. The van der Waals surface area contributed by atoms with Crippen molar-refractivity contribution in [3.05, 3.63) is 65.7 Å². The van der Waals surface area contributed by atoms with Crippen LogP contribution in [0, 0.1) is 0 Å². The Bertz CT molecular complexity index is 704. The molecule has 0 atom stereocenters. The Hall–Kier alpha value is -2.40. The van der Waals surface area contributed by atoms with Crippen LogP contribution >= 0.6 is 12.2 Å². The molecule has 2 N–H and O–H groups in total. The molecule has 0 radical (unpaired) electrons. The number of rotatable bonds is 9. The summed E-state index contributed by atoms with van der Waals surface area (Å²) in [4.78, 5) is 12.5. The molecule has 0 saturated heterocycles. The molecule has 0 heterocycles. The topological polar surface area (TPSA) is 50.4 Å². The zero-order valence-corrected chi connectivity index (χ0v) is 16.0. The summed E-state index contributed by atoms with van der Waals surface area (Å²) in [6.07, 6.45) is 4.51. The first-order valence-electron chi connectivity index (χ1n) is 9.05. The van der Waals surface area contributed by atoms with E-state index in [1.165, 1.54) is 12.8 Å². The van der Waals surface area contributed by atoms with E-state index in [-0.39, 0.29) is 5.91 Å². The lowest BCUT2D eigenvalue weighted by Crippen LogP contribution is -2.39. The lowest BCUT2D eigenvalue weighted by Gasteiger charge is -2.13. The average Bonchev–Trinajstić information content (AvgIpc) is 2.67. The molecule has 0 aromatic heterocycles. The average molecular weight is 371 g/mol. The zero-order chi connectivity index (χ0) is 18.6. The summed E-state index contributed by atoms with van der Waals surface area (Å²) in [6, 6.07) is 17.1. The fourth-order valence-corrected chi connectivity index (χ4v) is 2.65. The lowest BCUT2D eigenvalue weighted by molar-refractivity contribution is 0.0972. The van der Waals surface area contributed by atoms with Crippen molar-refractivity contribution in [2.24, 2.45) is 0 Å². The van der Waals surface area contributed by atoms with Gasteiger partial charge in [-0.3, -0.25) is 10.1 Å². The predicted molar refractivity (Wildman–Crippen MR) is 109 cm³/mol. The first-order valence-corrected chi connectivity index (χ1v) is 9.46. The molecule has 0 aliphatic rings. The molecule has 138 valence electrons. The van der Waals surface area contributed by atoms with Crippen molar-refractivity contribution in [1.29, 1.82) is 0 Å². The number of amides is 1. The monoisotopic (exact) mass is 370 g/mol. The molecule has 5 heteroatoms. The van der Waals surface area contributed by atoms with E-state index in [1.54, 1.807) is 6.07 Å². The summed E-state index contributed by atoms with van der Waals surface area (Å²) in [5, 5.41) is 6.07. The Morgan fingerprint density at radius 3 is 2.50 bits per heavy atom. The highest BCUT2D eigenvalue weighted by atomic mass is 32.1. The number of para-hydroxylation sites is 1. The smallest absolute Gasteiger partial charge is 0.261 e. The maximum atomic E-state index is 12.5. The second-order valence-electron chi connectivity index (χ2n) is 6.03. The largest absolute Gasteiger partial charge is 0.493 e. The van der Waals surface area contributed by atoms with Crippen molar-refractivity contribution < 1.29 is 9.53 Å². The summed E-state index contributed by atoms with van der Waals surface area (Å²) in [7, 11) is 0. The molecular weight excluding hydrogens is 344 g/mol. The van der Waals surface area contributed by atoms with Crippen molar-refractivity contribution in [2.75, 3.05) is 6.61 Å². The van der Waals surface area contributed by atoms with Gasteiger partial charge in [0, 0.05) is 6.54 Å². The minimum Gasteiger partial charge on any atom is -0.493 e. The number of carbonyl (C=O) groups excluding carboxylic acids is 1. The summed E-state index contributed by atoms with van der Waals surface area (Å²) in [5.74, 6) is 0.326. The normalized spacial score (nSPS) is 10.2. The van der Waals surface area contributed by atoms with Crippen LogP contribution in [0.25, 0.3) is 0 Å². The van der Waals surface area contributed by atoms with Gasteiger partial charge in [-0.05, 0) is 36.3 Å². The summed E-state index contributed by atoms with van der Waals surface area (Å²) in [5.41, 5.74) is 1.59. The molecule has 0 fully saturated rings. The minimum atomic E-state index is -0.264. The van der Waals surface area contributed by atoms with Crippen molar-refractivity contribution in [2.45, 2.75) is 39.2 Å². The van der Waals surface area contributed by atoms with Gasteiger partial charge in [-0.2, -0.15) is 0 Å². The van der Waals surface area contributed by atoms with E-state index in [2.05, 4.69) is 17.6 Å². The highest BCUT2D eigenvalue weighted by Gasteiger charge is 2.13. The standard InChI is InChI=1S/C21H26N2O2S/c1-2-3-4-10-15-25-19-14-9-8-13-18(19)20(24)23-21(26)22-16-17-11-6-5-7-12-17/h5-9,11-14H,2-4,10,15-16H2,1H3,(H2,22,23,24,26). The number of thiocarbonyl (C=S) groups is 1. The molecule has 0 aliphatic carbocycles. The van der Waals surface area contributed by atoms with Gasteiger partial charge in [-0.1, -0.05) is 68.7 Å². The number of hydrogen-bond acceptors (Lipinski definition) is 3. The Morgan fingerprint density at radius 2 is 1.73 bits per heavy atom. The van der Waals surface area contributed by atoms with Crippen molar-refractivity contribution in [3.8, 4) is 5.75 Å². The first-order chi connectivity index (χ1) is 12.7. The number of ether oxygens (including phenoxy) is 1. The maximum Gasteiger partial charge on any atom is 0.261 e. The molecule has 26 heavy (non-hydrogen) atoms. The van der Waals surface area contributed by atoms with Crippen LogP contribution in [-0.2, 0) is 6.54 Å². The van der Waals surface area contributed by atoms with Crippen LogP contribution in [0.1, 0.15) is 48.5 Å². The third-order valence-electron chi connectivity index (χ3n) is 3.91. The van der Waals surface area contributed by atoms with Crippen LogP contribution in [0.2, 0.25) is 0 Å². The van der Waals surface area contributed by atoms with E-state index in [9.17, 15) is 4.79 Å². The molecule has 2 rings (SSSR count). The second-order valence-corrected chi connectivity index (χ2v) is 6.44. The van der Waals surface area contributed by atoms with Crippen molar-refractivity contribution in [3.63, 3.8) is 0 Å². The molecule has 4 nitrogen and oxygen atoms in total. The maximum absolute atomic E-state index is 12.5. The van der Waals surface area contributed by atoms with Gasteiger partial charge in [0.1, 0.15) is 5.75 Å². The molecule has 0 aliphatic heterocycles. The van der Waals surface area contributed by atoms with Gasteiger partial charge in [0.05, 0.1) is 12.2 Å². The summed E-state index contributed by atoms with van der Waals surface area (Å²) in [6.45, 7) is 3.35. The number of hydrogen-bond donors (Lipinski definition) is 2. The molecule has 1 amide bonds. The number of benzene rings is 2. The molecule has 2 aromatic carbocycles. The Kier molecular flexibility index (Phi) is 8.63. The molecule has 2 aromatic rings. The van der Waals surface area contributed by atoms with Gasteiger partial charge in [0.2, 0.25) is 0 Å². The van der Waals surface area contributed by atoms with E-state index in [0.29, 0.717) is 29.6 Å². The highest BCUT2D eigenvalue weighted by molar-refractivity contribution is 7.80. The molecular formula is C21H26N2O2S. The van der Waals surface area contributed by atoms with E-state index in [0.717, 1.165) is 18.4 Å². The lowest BCUT2D eigenvalue weighted by atomic mass is 10.2. The van der Waals surface area contributed by atoms with Crippen LogP contribution in [0.5, 0.6) is 5.75 Å². The van der Waals surface area contributed by atoms with Gasteiger partial charge in [0.15, 0.2) is 5.11 Å². The fourth-order valence-electron chi connectivity index (χ4n) is 2.48. The molecule has 0 spiro atoms. The van der Waals surface area contributed by atoms with Gasteiger partial charge in [0.25, 0.3) is 5.91 Å². The van der Waals surface area contributed by atoms with Gasteiger partial charge >= 0.3 is 0 Å². The van der Waals surface area contributed by atoms with Gasteiger partial charge in [-0.15, -0.1) is 0 Å². The van der Waals surface area contributed by atoms with Crippen molar-refractivity contribution >= 4 is 23.2 Å². The number of unbranched alkanes of at least 4 members (excludes halogenated alkanes) is 3. The van der Waals surface area contributed by atoms with Crippen LogP contribution in [0.4, 0.5) is 0 Å². The molecule has 0 unspecified atom stereocenters. The highest BCUT2D eigenvalue weighted by Crippen LogP contribution is 2.18. The predicted octanol–water partition coefficient (Wildman–Crippen LogP) is 4.45. The van der Waals surface area contributed by atoms with Crippen LogP contribution in [0.3, 0.4) is 0 Å². The minimum absolute atomic E-state index is 0.264. The second kappa shape index (κ2) is 11.3. The summed E-state index contributed by atoms with van der Waals surface area (Å²) >= 11 is 5.22. The van der Waals surface area contributed by atoms with E-state index < -0.39 is 0 Å². The quantitative estimate of drug-likeness (QED) is 0.506. The SMILES string of the molecule is CCCCCCOc1ccccc1C(=O)NC(=S)NCc1ccccc1. The Balaban J connectivity index is 1.85. The Labute approximate surface area is 161 Å². The van der Waals surface area contributed by atoms with E-state index in [1.807, 2.05) is 48.5 Å². The third kappa shape index (κ3) is 6.84. The summed E-state index contributed by atoms with van der Waals surface area (Å²) < 4.78 is 5.79. The number of nitrogens with one attached hydrogen (secondary N) is 2. The molecule has 0 saturated carbocycles. The van der Waals surface area contributed by atoms with Crippen molar-refractivity contribution in [1.82, 2.24) is 10.6 Å². The van der Waals surface area contributed by atoms with Gasteiger partial charge in [-0.25, -0.2) is 0 Å². The number of carbonyl (C=O) groups is 1.